The molecule has 6 nitrogen and oxygen atoms in total. The van der Waals surface area contributed by atoms with Gasteiger partial charge >= 0.3 is 5.97 Å². The fourth-order valence-electron chi connectivity index (χ4n) is 1.66. The van der Waals surface area contributed by atoms with Crippen molar-refractivity contribution in [1.29, 1.82) is 0 Å². The fourth-order valence-corrected chi connectivity index (χ4v) is 1.66. The van der Waals surface area contributed by atoms with Crippen molar-refractivity contribution in [2.24, 2.45) is 0 Å². The summed E-state index contributed by atoms with van der Waals surface area (Å²) in [5.74, 6) is -0.988. The van der Waals surface area contributed by atoms with Crippen LogP contribution in [0.4, 0.5) is 10.2 Å². The first-order valence-electron chi connectivity index (χ1n) is 5.56. The SMILES string of the molecule is COc1ccc2c(NCCC(=O)O)ncnc2c1F. The zero-order valence-corrected chi connectivity index (χ0v) is 10.2. The molecule has 0 aliphatic rings. The van der Waals surface area contributed by atoms with Gasteiger partial charge in [0.25, 0.3) is 0 Å². The molecule has 0 saturated carbocycles. The number of nitrogens with zero attached hydrogens (tertiary/aromatic N) is 2. The van der Waals surface area contributed by atoms with Crippen molar-refractivity contribution in [3.05, 3.63) is 24.3 Å². The van der Waals surface area contributed by atoms with Gasteiger partial charge in [0.05, 0.1) is 13.5 Å². The van der Waals surface area contributed by atoms with E-state index in [2.05, 4.69) is 15.3 Å². The average molecular weight is 265 g/mol. The number of fused-ring (bicyclic) bond motifs is 1. The Morgan fingerprint density at radius 1 is 1.47 bits per heavy atom. The monoisotopic (exact) mass is 265 g/mol. The minimum atomic E-state index is -0.918. The quantitative estimate of drug-likeness (QED) is 0.855. The second-order valence-electron chi connectivity index (χ2n) is 3.77. The van der Waals surface area contributed by atoms with Gasteiger partial charge < -0.3 is 15.2 Å². The molecule has 0 amide bonds. The van der Waals surface area contributed by atoms with Crippen LogP contribution in [0.3, 0.4) is 0 Å². The Balaban J connectivity index is 2.35. The molecule has 0 unspecified atom stereocenters. The largest absolute Gasteiger partial charge is 0.494 e. The third-order valence-corrected chi connectivity index (χ3v) is 2.56. The second kappa shape index (κ2) is 5.47. The van der Waals surface area contributed by atoms with Crippen molar-refractivity contribution >= 4 is 22.7 Å². The number of ether oxygens (including phenoxy) is 1. The molecular formula is C12H12FN3O3. The van der Waals surface area contributed by atoms with Crippen LogP contribution in [0.5, 0.6) is 5.75 Å². The van der Waals surface area contributed by atoms with Crippen molar-refractivity contribution in [2.75, 3.05) is 19.0 Å². The van der Waals surface area contributed by atoms with Gasteiger partial charge in [-0.2, -0.15) is 0 Å². The van der Waals surface area contributed by atoms with Crippen molar-refractivity contribution in [3.8, 4) is 5.75 Å². The lowest BCUT2D eigenvalue weighted by Crippen LogP contribution is -2.09. The maximum Gasteiger partial charge on any atom is 0.305 e. The first-order valence-corrected chi connectivity index (χ1v) is 5.56. The van der Waals surface area contributed by atoms with E-state index in [1.165, 1.54) is 19.5 Å². The Bertz CT molecular complexity index is 618. The van der Waals surface area contributed by atoms with E-state index in [1.807, 2.05) is 0 Å². The molecule has 1 heterocycles. The summed E-state index contributed by atoms with van der Waals surface area (Å²) in [6.07, 6.45) is 1.16. The predicted molar refractivity (Wildman–Crippen MR) is 66.8 cm³/mol. The molecule has 1 aromatic carbocycles. The average Bonchev–Trinajstić information content (AvgIpc) is 2.39. The van der Waals surface area contributed by atoms with Crippen LogP contribution in [0.15, 0.2) is 18.5 Å². The van der Waals surface area contributed by atoms with E-state index in [-0.39, 0.29) is 24.2 Å². The van der Waals surface area contributed by atoms with E-state index < -0.39 is 11.8 Å². The van der Waals surface area contributed by atoms with Crippen LogP contribution in [0.25, 0.3) is 10.9 Å². The van der Waals surface area contributed by atoms with Gasteiger partial charge in [-0.1, -0.05) is 0 Å². The Kier molecular flexibility index (Phi) is 3.74. The molecule has 0 saturated heterocycles. The van der Waals surface area contributed by atoms with Gasteiger partial charge in [0.1, 0.15) is 17.7 Å². The van der Waals surface area contributed by atoms with Gasteiger partial charge in [0.2, 0.25) is 0 Å². The number of methoxy groups -OCH3 is 1. The molecule has 1 aromatic heterocycles. The highest BCUT2D eigenvalue weighted by Gasteiger charge is 2.12. The molecule has 100 valence electrons. The van der Waals surface area contributed by atoms with Crippen LogP contribution >= 0.6 is 0 Å². The minimum absolute atomic E-state index is 0.0515. The third-order valence-electron chi connectivity index (χ3n) is 2.56. The number of hydrogen-bond acceptors (Lipinski definition) is 5. The molecule has 0 atom stereocenters. The number of carboxylic acids is 1. The van der Waals surface area contributed by atoms with Crippen molar-refractivity contribution in [3.63, 3.8) is 0 Å². The Morgan fingerprint density at radius 3 is 2.95 bits per heavy atom. The molecule has 7 heteroatoms. The third kappa shape index (κ3) is 2.70. The van der Waals surface area contributed by atoms with E-state index in [4.69, 9.17) is 9.84 Å². The van der Waals surface area contributed by atoms with Gasteiger partial charge in [-0.15, -0.1) is 0 Å². The molecule has 0 aliphatic carbocycles. The maximum absolute atomic E-state index is 14.0. The number of carboxylic acid groups (broad SMARTS) is 1. The van der Waals surface area contributed by atoms with Gasteiger partial charge in [0.15, 0.2) is 11.6 Å². The van der Waals surface area contributed by atoms with Gasteiger partial charge in [-0.25, -0.2) is 14.4 Å². The van der Waals surface area contributed by atoms with E-state index in [1.54, 1.807) is 6.07 Å². The molecule has 0 bridgehead atoms. The number of rotatable bonds is 5. The first-order chi connectivity index (χ1) is 9.13. The zero-order valence-electron chi connectivity index (χ0n) is 10.2. The molecule has 2 N–H and O–H groups in total. The summed E-state index contributed by atoms with van der Waals surface area (Å²) in [7, 11) is 1.37. The summed E-state index contributed by atoms with van der Waals surface area (Å²) in [6.45, 7) is 0.203. The molecule has 0 spiro atoms. The summed E-state index contributed by atoms with van der Waals surface area (Å²) < 4.78 is 18.8. The normalized spacial score (nSPS) is 10.4. The molecular weight excluding hydrogens is 253 g/mol. The number of aromatic nitrogens is 2. The number of carbonyl (C=O) groups is 1. The highest BCUT2D eigenvalue weighted by atomic mass is 19.1. The lowest BCUT2D eigenvalue weighted by Gasteiger charge is -2.09. The molecule has 2 aromatic rings. The molecule has 2 rings (SSSR count). The summed E-state index contributed by atoms with van der Waals surface area (Å²) in [4.78, 5) is 18.3. The van der Waals surface area contributed by atoms with E-state index >= 15 is 0 Å². The maximum atomic E-state index is 14.0. The number of aliphatic carboxylic acids is 1. The topological polar surface area (TPSA) is 84.3 Å². The van der Waals surface area contributed by atoms with Crippen molar-refractivity contribution in [2.45, 2.75) is 6.42 Å². The number of benzene rings is 1. The summed E-state index contributed by atoms with van der Waals surface area (Å²) in [5.41, 5.74) is 0.132. The van der Waals surface area contributed by atoms with Gasteiger partial charge in [-0.05, 0) is 12.1 Å². The number of anilines is 1. The van der Waals surface area contributed by atoms with Crippen molar-refractivity contribution < 1.29 is 19.0 Å². The highest BCUT2D eigenvalue weighted by molar-refractivity contribution is 5.90. The Morgan fingerprint density at radius 2 is 2.26 bits per heavy atom. The summed E-state index contributed by atoms with van der Waals surface area (Å²) in [6, 6.07) is 3.10. The molecule has 0 aliphatic heterocycles. The lowest BCUT2D eigenvalue weighted by molar-refractivity contribution is -0.136. The first kappa shape index (κ1) is 13.0. The number of nitrogens with one attached hydrogen (secondary N) is 1. The van der Waals surface area contributed by atoms with Crippen LogP contribution in [-0.2, 0) is 4.79 Å². The van der Waals surface area contributed by atoms with Crippen LogP contribution in [-0.4, -0.2) is 34.7 Å². The van der Waals surface area contributed by atoms with Crippen LogP contribution in [0.1, 0.15) is 6.42 Å². The van der Waals surface area contributed by atoms with E-state index in [0.717, 1.165) is 0 Å². The van der Waals surface area contributed by atoms with Crippen LogP contribution in [0, 0.1) is 5.82 Å². The smallest absolute Gasteiger partial charge is 0.305 e. The van der Waals surface area contributed by atoms with E-state index in [0.29, 0.717) is 11.2 Å². The van der Waals surface area contributed by atoms with Gasteiger partial charge in [0, 0.05) is 11.9 Å². The van der Waals surface area contributed by atoms with Crippen molar-refractivity contribution in [1.82, 2.24) is 9.97 Å². The summed E-state index contributed by atoms with van der Waals surface area (Å²) in [5, 5.41) is 11.9. The number of halogens is 1. The highest BCUT2D eigenvalue weighted by Crippen LogP contribution is 2.27. The predicted octanol–water partition coefficient (Wildman–Crippen LogP) is 1.66. The van der Waals surface area contributed by atoms with Crippen LogP contribution < -0.4 is 10.1 Å². The fraction of sp³-hybridized carbons (Fsp3) is 0.250. The van der Waals surface area contributed by atoms with E-state index in [9.17, 15) is 9.18 Å². The Labute approximate surface area is 108 Å². The second-order valence-corrected chi connectivity index (χ2v) is 3.77. The Hall–Kier alpha value is -2.44. The van der Waals surface area contributed by atoms with Gasteiger partial charge in [-0.3, -0.25) is 4.79 Å². The van der Waals surface area contributed by atoms with Crippen LogP contribution in [0.2, 0.25) is 0 Å². The minimum Gasteiger partial charge on any atom is -0.494 e. The zero-order chi connectivity index (χ0) is 13.8. The molecule has 0 radical (unpaired) electrons. The lowest BCUT2D eigenvalue weighted by atomic mass is 10.2. The standard InChI is InChI=1S/C12H12FN3O3/c1-19-8-3-2-7-11(10(8)13)15-6-16-12(7)14-5-4-9(17)18/h2-3,6H,4-5H2,1H3,(H,17,18)(H,14,15,16). The number of hydrogen-bond donors (Lipinski definition) is 2. The summed E-state index contributed by atoms with van der Waals surface area (Å²) >= 11 is 0. The molecule has 19 heavy (non-hydrogen) atoms. The molecule has 0 fully saturated rings.